The Morgan fingerprint density at radius 2 is 1.95 bits per heavy atom. The van der Waals surface area contributed by atoms with E-state index in [1.165, 1.54) is 20.3 Å². The maximum absolute atomic E-state index is 12.6. The van der Waals surface area contributed by atoms with E-state index in [9.17, 15) is 13.2 Å². The summed E-state index contributed by atoms with van der Waals surface area (Å²) < 4.78 is 35.9. The Balaban J connectivity index is 3.34. The first-order chi connectivity index (χ1) is 9.77. The minimum Gasteiger partial charge on any atom is -0.495 e. The number of esters is 1. The molecule has 0 saturated carbocycles. The summed E-state index contributed by atoms with van der Waals surface area (Å²) in [7, 11) is -1.33. The number of rotatable bonds is 6. The van der Waals surface area contributed by atoms with Crippen molar-refractivity contribution in [3.05, 3.63) is 17.7 Å². The molecule has 0 aliphatic heterocycles. The molecule has 0 heterocycles. The van der Waals surface area contributed by atoms with Gasteiger partial charge in [-0.3, -0.25) is 4.79 Å². The second kappa shape index (κ2) is 6.77. The van der Waals surface area contributed by atoms with Crippen LogP contribution in [0, 0.1) is 6.92 Å². The molecule has 0 saturated heterocycles. The fourth-order valence-electron chi connectivity index (χ4n) is 1.75. The Hall–Kier alpha value is -1.80. The normalized spacial score (nSPS) is 11.5. The first-order valence-electron chi connectivity index (χ1n) is 6.29. The summed E-state index contributed by atoms with van der Waals surface area (Å²) in [6, 6.07) is 2.89. The number of likely N-dealkylation sites (N-methyl/N-ethyl adjacent to an activating group) is 1. The molecular formula is C13H20N2O5S. The van der Waals surface area contributed by atoms with E-state index in [1.807, 2.05) is 0 Å². The third-order valence-corrected chi connectivity index (χ3v) is 5.00. The van der Waals surface area contributed by atoms with Crippen molar-refractivity contribution in [1.29, 1.82) is 0 Å². The quantitative estimate of drug-likeness (QED) is 0.615. The van der Waals surface area contributed by atoms with Crippen molar-refractivity contribution >= 4 is 21.7 Å². The summed E-state index contributed by atoms with van der Waals surface area (Å²) in [4.78, 5) is 11.3. The number of nitrogens with zero attached hydrogens (tertiary/aromatic N) is 1. The fraction of sp³-hybridized carbons (Fsp3) is 0.462. The molecule has 1 aromatic rings. The van der Waals surface area contributed by atoms with E-state index in [0.29, 0.717) is 11.3 Å². The lowest BCUT2D eigenvalue weighted by molar-refractivity contribution is -0.140. The van der Waals surface area contributed by atoms with Gasteiger partial charge in [-0.2, -0.15) is 4.31 Å². The van der Waals surface area contributed by atoms with E-state index in [2.05, 4.69) is 4.74 Å². The van der Waals surface area contributed by atoms with Crippen LogP contribution in [-0.4, -0.2) is 46.0 Å². The monoisotopic (exact) mass is 316 g/mol. The number of carbonyl (C=O) groups excluding carboxylic acids is 1. The van der Waals surface area contributed by atoms with Crippen molar-refractivity contribution in [2.75, 3.05) is 33.0 Å². The molecule has 0 aliphatic carbocycles. The number of hydrogen-bond acceptors (Lipinski definition) is 6. The van der Waals surface area contributed by atoms with Crippen LogP contribution >= 0.6 is 0 Å². The Morgan fingerprint density at radius 3 is 2.43 bits per heavy atom. The van der Waals surface area contributed by atoms with Crippen molar-refractivity contribution in [1.82, 2.24) is 4.31 Å². The molecule has 0 radical (unpaired) electrons. The van der Waals surface area contributed by atoms with Gasteiger partial charge in [0.05, 0.1) is 14.2 Å². The summed E-state index contributed by atoms with van der Waals surface area (Å²) in [5, 5.41) is 0. The number of methoxy groups -OCH3 is 2. The molecule has 1 aromatic carbocycles. The fourth-order valence-corrected chi connectivity index (χ4v) is 3.32. The summed E-state index contributed by atoms with van der Waals surface area (Å²) in [5.41, 5.74) is 6.83. The molecule has 0 aromatic heterocycles. The zero-order valence-electron chi connectivity index (χ0n) is 12.5. The molecule has 118 valence electrons. The van der Waals surface area contributed by atoms with Crippen molar-refractivity contribution < 1.29 is 22.7 Å². The molecular weight excluding hydrogens is 296 g/mol. The molecule has 7 nitrogen and oxygen atoms in total. The van der Waals surface area contributed by atoms with Gasteiger partial charge in [0.1, 0.15) is 17.2 Å². The van der Waals surface area contributed by atoms with Crippen LogP contribution in [0.3, 0.4) is 0 Å². The number of carbonyl (C=O) groups is 1. The number of nitrogen functional groups attached to an aromatic ring is 1. The summed E-state index contributed by atoms with van der Waals surface area (Å²) in [6.45, 7) is 3.13. The van der Waals surface area contributed by atoms with E-state index in [4.69, 9.17) is 10.5 Å². The van der Waals surface area contributed by atoms with E-state index < -0.39 is 16.0 Å². The molecule has 0 unspecified atom stereocenters. The number of benzene rings is 1. The van der Waals surface area contributed by atoms with Gasteiger partial charge in [-0.25, -0.2) is 8.42 Å². The first kappa shape index (κ1) is 17.3. The van der Waals surface area contributed by atoms with Crippen LogP contribution < -0.4 is 10.5 Å². The van der Waals surface area contributed by atoms with E-state index in [-0.39, 0.29) is 23.7 Å². The second-order valence-electron chi connectivity index (χ2n) is 4.37. The van der Waals surface area contributed by atoms with Gasteiger partial charge in [0.15, 0.2) is 0 Å². The number of sulfonamides is 1. The molecule has 0 amide bonds. The average Bonchev–Trinajstić information content (AvgIpc) is 2.46. The Morgan fingerprint density at radius 1 is 1.33 bits per heavy atom. The van der Waals surface area contributed by atoms with Gasteiger partial charge in [0, 0.05) is 12.2 Å². The molecule has 0 fully saturated rings. The van der Waals surface area contributed by atoms with E-state index in [0.717, 1.165) is 4.31 Å². The third-order valence-electron chi connectivity index (χ3n) is 3.06. The minimum atomic E-state index is -3.91. The van der Waals surface area contributed by atoms with Gasteiger partial charge in [-0.15, -0.1) is 0 Å². The number of ether oxygens (including phenoxy) is 2. The summed E-state index contributed by atoms with van der Waals surface area (Å²) >= 11 is 0. The molecule has 0 spiro atoms. The topological polar surface area (TPSA) is 98.9 Å². The van der Waals surface area contributed by atoms with Crippen LogP contribution in [-0.2, 0) is 19.6 Å². The third kappa shape index (κ3) is 3.64. The Labute approximate surface area is 124 Å². The zero-order chi connectivity index (χ0) is 16.2. The maximum Gasteiger partial charge on any atom is 0.321 e. The maximum atomic E-state index is 12.6. The predicted octanol–water partition coefficient (Wildman–Crippen LogP) is 0.769. The van der Waals surface area contributed by atoms with Gasteiger partial charge in [0.2, 0.25) is 10.0 Å². The number of aryl methyl sites for hydroxylation is 1. The molecule has 2 N–H and O–H groups in total. The van der Waals surface area contributed by atoms with Crippen LogP contribution in [0.1, 0.15) is 12.5 Å². The van der Waals surface area contributed by atoms with Crippen molar-refractivity contribution in [2.24, 2.45) is 0 Å². The highest BCUT2D eigenvalue weighted by molar-refractivity contribution is 7.89. The van der Waals surface area contributed by atoms with E-state index in [1.54, 1.807) is 19.9 Å². The molecule has 0 aliphatic rings. The van der Waals surface area contributed by atoms with Crippen molar-refractivity contribution in [3.8, 4) is 5.75 Å². The molecule has 8 heteroatoms. The van der Waals surface area contributed by atoms with Crippen LogP contribution in [0.2, 0.25) is 0 Å². The smallest absolute Gasteiger partial charge is 0.321 e. The van der Waals surface area contributed by atoms with Crippen LogP contribution in [0.4, 0.5) is 5.69 Å². The minimum absolute atomic E-state index is 0.0705. The van der Waals surface area contributed by atoms with Crippen molar-refractivity contribution in [2.45, 2.75) is 18.7 Å². The Kier molecular flexibility index (Phi) is 5.56. The number of nitrogens with two attached hydrogens (primary N) is 1. The summed E-state index contributed by atoms with van der Waals surface area (Å²) in [5.74, 6) is -0.454. The number of hydrogen-bond donors (Lipinski definition) is 1. The largest absolute Gasteiger partial charge is 0.495 e. The molecule has 1 rings (SSSR count). The standard InChI is InChI=1S/C13H20N2O5S/c1-5-15(8-13(16)20-4)21(17,18)12-7-10(14)9(2)6-11(12)19-3/h6-7H,5,8,14H2,1-4H3. The van der Waals surface area contributed by atoms with Crippen LogP contribution in [0.5, 0.6) is 5.75 Å². The van der Waals surface area contributed by atoms with Crippen molar-refractivity contribution in [3.63, 3.8) is 0 Å². The van der Waals surface area contributed by atoms with Gasteiger partial charge < -0.3 is 15.2 Å². The molecule has 21 heavy (non-hydrogen) atoms. The number of anilines is 1. The zero-order valence-corrected chi connectivity index (χ0v) is 13.4. The van der Waals surface area contributed by atoms with Crippen LogP contribution in [0.15, 0.2) is 17.0 Å². The lowest BCUT2D eigenvalue weighted by Gasteiger charge is -2.21. The lowest BCUT2D eigenvalue weighted by Crippen LogP contribution is -2.36. The highest BCUT2D eigenvalue weighted by Crippen LogP contribution is 2.31. The lowest BCUT2D eigenvalue weighted by atomic mass is 10.2. The van der Waals surface area contributed by atoms with E-state index >= 15 is 0 Å². The molecule has 0 atom stereocenters. The first-order valence-corrected chi connectivity index (χ1v) is 7.73. The second-order valence-corrected chi connectivity index (χ2v) is 6.27. The predicted molar refractivity (Wildman–Crippen MR) is 78.6 cm³/mol. The Bertz CT molecular complexity index is 628. The van der Waals surface area contributed by atoms with Crippen LogP contribution in [0.25, 0.3) is 0 Å². The van der Waals surface area contributed by atoms with Gasteiger partial charge in [-0.05, 0) is 24.6 Å². The summed E-state index contributed by atoms with van der Waals surface area (Å²) in [6.07, 6.45) is 0. The highest BCUT2D eigenvalue weighted by Gasteiger charge is 2.29. The molecule has 0 bridgehead atoms. The van der Waals surface area contributed by atoms with Gasteiger partial charge in [0.25, 0.3) is 0 Å². The highest BCUT2D eigenvalue weighted by atomic mass is 32.2. The van der Waals surface area contributed by atoms with Gasteiger partial charge in [-0.1, -0.05) is 6.92 Å². The van der Waals surface area contributed by atoms with Gasteiger partial charge >= 0.3 is 5.97 Å². The SMILES string of the molecule is CCN(CC(=O)OC)S(=O)(=O)c1cc(N)c(C)cc1OC. The average molecular weight is 316 g/mol.